The van der Waals surface area contributed by atoms with Crippen LogP contribution in [-0.2, 0) is 10.0 Å². The number of hydrogen-bond acceptors (Lipinski definition) is 5. The van der Waals surface area contributed by atoms with Crippen molar-refractivity contribution in [3.05, 3.63) is 108 Å². The van der Waals surface area contributed by atoms with Gasteiger partial charge in [-0.15, -0.1) is 11.3 Å². The molecule has 5 rings (SSSR count). The number of anilines is 1. The van der Waals surface area contributed by atoms with Gasteiger partial charge in [0.1, 0.15) is 4.21 Å². The zero-order valence-corrected chi connectivity index (χ0v) is 19.4. The van der Waals surface area contributed by atoms with Crippen molar-refractivity contribution in [3.8, 4) is 0 Å². The van der Waals surface area contributed by atoms with Crippen molar-refractivity contribution in [1.82, 2.24) is 5.43 Å². The van der Waals surface area contributed by atoms with E-state index in [0.29, 0.717) is 0 Å². The number of hydrogen-bond donors (Lipinski definition) is 2. The summed E-state index contributed by atoms with van der Waals surface area (Å²) >= 11 is 1.10. The number of carbonyl (C=O) groups excluding carboxylic acids is 1. The predicted molar refractivity (Wildman–Crippen MR) is 138 cm³/mol. The standard InChI is InChI=1S/C26H19N3O3S2/c30-26(22-12-5-6-13-24(22)29-34(31,32)25-14-7-15-33-25)28-27-17-23-20-10-3-1-8-18(20)16-19-9-2-4-11-21(19)23/h1-17,29H,(H,28,30)/b27-17+. The first kappa shape index (κ1) is 21.8. The van der Waals surface area contributed by atoms with E-state index in [1.807, 2.05) is 48.5 Å². The minimum atomic E-state index is -3.79. The molecule has 0 spiro atoms. The second-order valence-electron chi connectivity index (χ2n) is 7.51. The highest BCUT2D eigenvalue weighted by Gasteiger charge is 2.19. The van der Waals surface area contributed by atoms with Gasteiger partial charge in [0.25, 0.3) is 15.9 Å². The third kappa shape index (κ3) is 4.28. The molecule has 5 aromatic rings. The van der Waals surface area contributed by atoms with Crippen LogP contribution in [0.3, 0.4) is 0 Å². The normalized spacial score (nSPS) is 11.8. The summed E-state index contributed by atoms with van der Waals surface area (Å²) in [5, 5.41) is 10.1. The van der Waals surface area contributed by atoms with Crippen LogP contribution in [0.1, 0.15) is 15.9 Å². The Morgan fingerprint density at radius 2 is 1.47 bits per heavy atom. The lowest BCUT2D eigenvalue weighted by Gasteiger charge is -2.11. The molecule has 4 aromatic carbocycles. The first-order valence-corrected chi connectivity index (χ1v) is 12.8. The summed E-state index contributed by atoms with van der Waals surface area (Å²) in [7, 11) is -3.79. The molecule has 0 radical (unpaired) electrons. The Hall–Kier alpha value is -4.01. The van der Waals surface area contributed by atoms with E-state index in [0.717, 1.165) is 38.4 Å². The Bertz CT molecular complexity index is 1590. The molecule has 168 valence electrons. The smallest absolute Gasteiger partial charge is 0.273 e. The SMILES string of the molecule is O=C(N/N=C/c1c2ccccc2cc2ccccc12)c1ccccc1NS(=O)(=O)c1cccs1. The highest BCUT2D eigenvalue weighted by atomic mass is 32.2. The topological polar surface area (TPSA) is 87.6 Å². The summed E-state index contributed by atoms with van der Waals surface area (Å²) in [5.41, 5.74) is 3.77. The van der Waals surface area contributed by atoms with E-state index >= 15 is 0 Å². The highest BCUT2D eigenvalue weighted by Crippen LogP contribution is 2.27. The average Bonchev–Trinajstić information content (AvgIpc) is 3.40. The fraction of sp³-hybridized carbons (Fsp3) is 0. The number of thiophene rings is 1. The zero-order chi connectivity index (χ0) is 23.5. The third-order valence-electron chi connectivity index (χ3n) is 5.35. The van der Waals surface area contributed by atoms with Crippen molar-refractivity contribution >= 4 is 60.7 Å². The molecule has 8 heteroatoms. The fourth-order valence-corrected chi connectivity index (χ4v) is 5.86. The molecule has 1 amide bonds. The molecule has 34 heavy (non-hydrogen) atoms. The van der Waals surface area contributed by atoms with Gasteiger partial charge < -0.3 is 0 Å². The number of benzene rings is 4. The number of hydrazone groups is 1. The Balaban J connectivity index is 1.44. The van der Waals surface area contributed by atoms with Gasteiger partial charge in [-0.05, 0) is 51.2 Å². The summed E-state index contributed by atoms with van der Waals surface area (Å²) < 4.78 is 27.9. The Morgan fingerprint density at radius 3 is 2.15 bits per heavy atom. The van der Waals surface area contributed by atoms with Crippen molar-refractivity contribution in [3.63, 3.8) is 0 Å². The molecule has 0 saturated carbocycles. The summed E-state index contributed by atoms with van der Waals surface area (Å²) in [5.74, 6) is -0.523. The van der Waals surface area contributed by atoms with Crippen LogP contribution >= 0.6 is 11.3 Å². The van der Waals surface area contributed by atoms with Crippen molar-refractivity contribution < 1.29 is 13.2 Å². The van der Waals surface area contributed by atoms with Crippen LogP contribution in [0.2, 0.25) is 0 Å². The molecule has 0 unspecified atom stereocenters. The third-order valence-corrected chi connectivity index (χ3v) is 8.11. The molecule has 0 fully saturated rings. The summed E-state index contributed by atoms with van der Waals surface area (Å²) in [4.78, 5) is 12.9. The lowest BCUT2D eigenvalue weighted by atomic mass is 9.97. The van der Waals surface area contributed by atoms with E-state index in [2.05, 4.69) is 21.3 Å². The summed E-state index contributed by atoms with van der Waals surface area (Å²) in [6.07, 6.45) is 1.63. The zero-order valence-electron chi connectivity index (χ0n) is 17.8. The number of sulfonamides is 1. The molecule has 0 aliphatic rings. The molecule has 0 aliphatic carbocycles. The van der Waals surface area contributed by atoms with Crippen LogP contribution in [0.5, 0.6) is 0 Å². The van der Waals surface area contributed by atoms with Gasteiger partial charge in [0, 0.05) is 5.56 Å². The molecule has 6 nitrogen and oxygen atoms in total. The van der Waals surface area contributed by atoms with E-state index in [4.69, 9.17) is 0 Å². The van der Waals surface area contributed by atoms with Crippen LogP contribution in [0.4, 0.5) is 5.69 Å². The summed E-state index contributed by atoms with van der Waals surface area (Å²) in [6.45, 7) is 0. The maximum absolute atomic E-state index is 12.9. The highest BCUT2D eigenvalue weighted by molar-refractivity contribution is 7.94. The van der Waals surface area contributed by atoms with Crippen LogP contribution in [0.15, 0.2) is 106 Å². The van der Waals surface area contributed by atoms with Gasteiger partial charge in [-0.1, -0.05) is 66.7 Å². The Kier molecular flexibility index (Phi) is 5.83. The van der Waals surface area contributed by atoms with Gasteiger partial charge in [0.15, 0.2) is 0 Å². The van der Waals surface area contributed by atoms with E-state index in [1.165, 1.54) is 6.07 Å². The lowest BCUT2D eigenvalue weighted by Crippen LogP contribution is -2.21. The minimum Gasteiger partial charge on any atom is -0.278 e. The van der Waals surface area contributed by atoms with Crippen LogP contribution in [-0.4, -0.2) is 20.5 Å². The van der Waals surface area contributed by atoms with Crippen LogP contribution < -0.4 is 10.1 Å². The number of fused-ring (bicyclic) bond motifs is 2. The second-order valence-corrected chi connectivity index (χ2v) is 10.4. The maximum atomic E-state index is 12.9. The van der Waals surface area contributed by atoms with Crippen LogP contribution in [0, 0.1) is 0 Å². The molecular formula is C26H19N3O3S2. The van der Waals surface area contributed by atoms with Crippen molar-refractivity contribution in [1.29, 1.82) is 0 Å². The Morgan fingerprint density at radius 1 is 0.824 bits per heavy atom. The van der Waals surface area contributed by atoms with Crippen LogP contribution in [0.25, 0.3) is 21.5 Å². The van der Waals surface area contributed by atoms with Gasteiger partial charge in [-0.2, -0.15) is 5.10 Å². The Labute approximate surface area is 200 Å². The molecule has 1 heterocycles. The van der Waals surface area contributed by atoms with E-state index in [1.54, 1.807) is 41.9 Å². The van der Waals surface area contributed by atoms with Gasteiger partial charge in [0.2, 0.25) is 0 Å². The molecule has 0 aliphatic heterocycles. The predicted octanol–water partition coefficient (Wildman–Crippen LogP) is 5.62. The number of nitrogens with one attached hydrogen (secondary N) is 2. The van der Waals surface area contributed by atoms with Crippen molar-refractivity contribution in [2.75, 3.05) is 4.72 Å². The second kappa shape index (κ2) is 9.09. The molecule has 0 saturated heterocycles. The molecule has 1 aromatic heterocycles. The van der Waals surface area contributed by atoms with Crippen molar-refractivity contribution in [2.45, 2.75) is 4.21 Å². The molecule has 0 bridgehead atoms. The van der Waals surface area contributed by atoms with E-state index < -0.39 is 15.9 Å². The number of para-hydroxylation sites is 1. The first-order valence-electron chi connectivity index (χ1n) is 10.4. The first-order chi connectivity index (χ1) is 16.5. The quantitative estimate of drug-likeness (QED) is 0.186. The number of rotatable bonds is 6. The van der Waals surface area contributed by atoms with Crippen molar-refractivity contribution in [2.24, 2.45) is 5.10 Å². The van der Waals surface area contributed by atoms with E-state index in [-0.39, 0.29) is 15.5 Å². The number of nitrogens with zero attached hydrogens (tertiary/aromatic N) is 1. The monoisotopic (exact) mass is 485 g/mol. The van der Waals surface area contributed by atoms with Gasteiger partial charge in [-0.3, -0.25) is 9.52 Å². The number of carbonyl (C=O) groups is 1. The van der Waals surface area contributed by atoms with Gasteiger partial charge >= 0.3 is 0 Å². The fourth-order valence-electron chi connectivity index (χ4n) is 3.79. The maximum Gasteiger partial charge on any atom is 0.273 e. The largest absolute Gasteiger partial charge is 0.278 e. The number of amides is 1. The van der Waals surface area contributed by atoms with Gasteiger partial charge in [-0.25, -0.2) is 13.8 Å². The minimum absolute atomic E-state index is 0.169. The molecule has 0 atom stereocenters. The molecular weight excluding hydrogens is 466 g/mol. The summed E-state index contributed by atoms with van der Waals surface area (Å²) in [6, 6.07) is 27.7. The lowest BCUT2D eigenvalue weighted by molar-refractivity contribution is 0.0956. The van der Waals surface area contributed by atoms with E-state index in [9.17, 15) is 13.2 Å². The molecule has 2 N–H and O–H groups in total. The van der Waals surface area contributed by atoms with Gasteiger partial charge in [0.05, 0.1) is 17.5 Å². The average molecular weight is 486 g/mol.